The van der Waals surface area contributed by atoms with Crippen LogP contribution < -0.4 is 4.74 Å². The van der Waals surface area contributed by atoms with Crippen molar-refractivity contribution in [2.24, 2.45) is 0 Å². The Morgan fingerprint density at radius 3 is 1.17 bits per heavy atom. The summed E-state index contributed by atoms with van der Waals surface area (Å²) in [4.78, 5) is 0. The summed E-state index contributed by atoms with van der Waals surface area (Å²) in [7, 11) is 0. The Bertz CT molecular complexity index is 2610. The van der Waals surface area contributed by atoms with Crippen molar-refractivity contribution in [3.05, 3.63) is 163 Å². The molecular weight excluding hydrogens is 1070 g/mol. The molecule has 0 amide bonds. The van der Waals surface area contributed by atoms with Crippen LogP contribution in [0.5, 0.6) is 5.75 Å². The second kappa shape index (κ2) is 28.4. The van der Waals surface area contributed by atoms with Gasteiger partial charge in [-0.15, -0.1) is 0 Å². The fraction of sp³-hybridized carbons (Fsp3) is 0.415. The molecule has 0 aliphatic rings. The molecule has 0 spiro atoms. The lowest BCUT2D eigenvalue weighted by Gasteiger charge is -2.21. The summed E-state index contributed by atoms with van der Waals surface area (Å²) in [6, 6.07) is 26.4. The zero-order chi connectivity index (χ0) is 49.8. The third kappa shape index (κ3) is 18.4. The molecule has 0 saturated carbocycles. The highest BCUT2D eigenvalue weighted by Gasteiger charge is 2.19. The Kier molecular flexibility index (Phi) is 22.9. The molecular formula is C65H74I2O2. The summed E-state index contributed by atoms with van der Waals surface area (Å²) in [5, 5.41) is 9.72. The molecule has 0 aliphatic heterocycles. The number of ether oxygens (including phenoxy) is 1. The highest BCUT2D eigenvalue weighted by molar-refractivity contribution is 14.1. The first-order valence-electron chi connectivity index (χ1n) is 25.5. The van der Waals surface area contributed by atoms with Crippen LogP contribution in [0.15, 0.2) is 72.8 Å². The minimum atomic E-state index is -0.159. The molecule has 5 aromatic rings. The smallest absolute Gasteiger partial charge is 0.150 e. The van der Waals surface area contributed by atoms with Gasteiger partial charge in [-0.2, -0.15) is 0 Å². The molecule has 5 rings (SSSR count). The van der Waals surface area contributed by atoms with E-state index in [1.165, 1.54) is 95.3 Å². The van der Waals surface area contributed by atoms with Crippen LogP contribution in [0.4, 0.5) is 0 Å². The largest absolute Gasteiger partial charge is 0.491 e. The molecule has 0 aromatic heterocycles. The minimum Gasteiger partial charge on any atom is -0.491 e. The lowest BCUT2D eigenvalue weighted by atomic mass is 9.84. The Labute approximate surface area is 445 Å². The van der Waals surface area contributed by atoms with Crippen LogP contribution in [-0.2, 0) is 18.3 Å². The molecule has 0 fully saturated rings. The Morgan fingerprint density at radius 2 is 0.797 bits per heavy atom. The summed E-state index contributed by atoms with van der Waals surface area (Å²) >= 11 is 4.84. The van der Waals surface area contributed by atoms with Gasteiger partial charge in [0.1, 0.15) is 0 Å². The van der Waals surface area contributed by atoms with Gasteiger partial charge in [-0.1, -0.05) is 146 Å². The summed E-state index contributed by atoms with van der Waals surface area (Å²) in [6.45, 7) is 20.0. The van der Waals surface area contributed by atoms with Gasteiger partial charge in [0, 0.05) is 53.5 Å². The molecule has 69 heavy (non-hydrogen) atoms. The number of aliphatic hydroxyl groups is 1. The predicted octanol–water partition coefficient (Wildman–Crippen LogP) is 16.6. The second-order valence-electron chi connectivity index (χ2n) is 19.8. The van der Waals surface area contributed by atoms with Crippen molar-refractivity contribution in [2.45, 2.75) is 164 Å². The quantitative estimate of drug-likeness (QED) is 0.0538. The van der Waals surface area contributed by atoms with Gasteiger partial charge < -0.3 is 9.84 Å². The fourth-order valence-corrected chi connectivity index (χ4v) is 9.78. The van der Waals surface area contributed by atoms with Crippen molar-refractivity contribution >= 4 is 45.2 Å². The van der Waals surface area contributed by atoms with Crippen molar-refractivity contribution in [1.29, 1.82) is 0 Å². The third-order valence-electron chi connectivity index (χ3n) is 12.5. The van der Waals surface area contributed by atoms with Gasteiger partial charge in [-0.05, 0) is 216 Å². The summed E-state index contributed by atoms with van der Waals surface area (Å²) in [5.41, 5.74) is 15.7. The number of unbranched alkanes of at least 4 members (excludes halogenated alkanes) is 10. The summed E-state index contributed by atoms with van der Waals surface area (Å²) in [6.07, 6.45) is 18.3. The molecule has 0 radical (unpaired) electrons. The van der Waals surface area contributed by atoms with Gasteiger partial charge in [-0.3, -0.25) is 0 Å². The van der Waals surface area contributed by atoms with Crippen LogP contribution in [0.2, 0.25) is 0 Å². The van der Waals surface area contributed by atoms with E-state index in [2.05, 4.69) is 228 Å². The molecule has 2 nitrogen and oxygen atoms in total. The number of benzene rings is 5. The number of aryl methyl sites for hydroxylation is 6. The average Bonchev–Trinajstić information content (AvgIpc) is 3.30. The predicted molar refractivity (Wildman–Crippen MR) is 311 cm³/mol. The standard InChI is InChI=1S/C65H74I2O2/c1-10-12-14-16-18-20-23-51-39-53(43-62(66)41-51)25-27-55-35-49(5)57(37-47(55)3)29-31-59-45-61(65(7,8)9)46-60(64(59)69-34-22-33-68)32-30-58-38-48(4)56(36-50(58)6)28-26-54-40-52(42-63(67)44-54)24-21-19-17-15-13-11-2/h35-46,68H,10-24,33-34H2,1-9H3. The third-order valence-corrected chi connectivity index (χ3v) is 13.8. The van der Waals surface area contributed by atoms with E-state index >= 15 is 0 Å². The number of rotatable bonds is 18. The van der Waals surface area contributed by atoms with Crippen LogP contribution in [0.3, 0.4) is 0 Å². The lowest BCUT2D eigenvalue weighted by Crippen LogP contribution is -2.13. The van der Waals surface area contributed by atoms with E-state index in [4.69, 9.17) is 4.74 Å². The Hall–Kier alpha value is -4.44. The monoisotopic (exact) mass is 1140 g/mol. The zero-order valence-electron chi connectivity index (χ0n) is 43.1. The Morgan fingerprint density at radius 1 is 0.435 bits per heavy atom. The van der Waals surface area contributed by atoms with Crippen LogP contribution in [0, 0.1) is 82.2 Å². The topological polar surface area (TPSA) is 29.5 Å². The van der Waals surface area contributed by atoms with Crippen molar-refractivity contribution in [3.63, 3.8) is 0 Å². The van der Waals surface area contributed by atoms with Crippen molar-refractivity contribution in [2.75, 3.05) is 13.2 Å². The minimum absolute atomic E-state index is 0.0389. The number of hydrogen-bond acceptors (Lipinski definition) is 2. The molecule has 4 heteroatoms. The van der Waals surface area contributed by atoms with Gasteiger partial charge in [0.2, 0.25) is 0 Å². The van der Waals surface area contributed by atoms with Crippen LogP contribution in [0.25, 0.3) is 0 Å². The SMILES string of the molecule is CCCCCCCCc1cc(I)cc(C#Cc2cc(C)c(C#Cc3cc(C(C)(C)C)cc(C#Cc4cc(C)c(C#Cc5cc(I)cc(CCCCCCCC)c5)cc4C)c3OCCCO)cc2C)c1. The average molecular weight is 1140 g/mol. The van der Waals surface area contributed by atoms with Crippen molar-refractivity contribution < 1.29 is 9.84 Å². The van der Waals surface area contributed by atoms with Crippen LogP contribution >= 0.6 is 45.2 Å². The lowest BCUT2D eigenvalue weighted by molar-refractivity contribution is 0.233. The molecule has 0 unspecified atom stereocenters. The second-order valence-corrected chi connectivity index (χ2v) is 22.3. The zero-order valence-corrected chi connectivity index (χ0v) is 47.4. The van der Waals surface area contributed by atoms with Gasteiger partial charge in [-0.25, -0.2) is 0 Å². The van der Waals surface area contributed by atoms with Gasteiger partial charge >= 0.3 is 0 Å². The number of halogens is 2. The maximum atomic E-state index is 9.72. The molecule has 0 bridgehead atoms. The summed E-state index contributed by atoms with van der Waals surface area (Å²) in [5.74, 6) is 28.6. The first kappa shape index (κ1) is 55.5. The fourth-order valence-electron chi connectivity index (χ4n) is 8.31. The molecule has 0 saturated heterocycles. The van der Waals surface area contributed by atoms with Crippen molar-refractivity contribution in [1.82, 2.24) is 0 Å². The first-order chi connectivity index (χ1) is 33.2. The van der Waals surface area contributed by atoms with Gasteiger partial charge in [0.15, 0.2) is 5.75 Å². The molecule has 360 valence electrons. The Balaban J connectivity index is 1.42. The van der Waals surface area contributed by atoms with Crippen molar-refractivity contribution in [3.8, 4) is 53.1 Å². The van der Waals surface area contributed by atoms with E-state index in [1.54, 1.807) is 0 Å². The van der Waals surface area contributed by atoms with E-state index in [-0.39, 0.29) is 12.0 Å². The molecule has 5 aromatic carbocycles. The normalized spacial score (nSPS) is 10.8. The first-order valence-corrected chi connectivity index (χ1v) is 27.6. The number of hydrogen-bond donors (Lipinski definition) is 1. The number of aliphatic hydroxyl groups excluding tert-OH is 1. The molecule has 0 aliphatic carbocycles. The van der Waals surface area contributed by atoms with E-state index < -0.39 is 0 Å². The van der Waals surface area contributed by atoms with E-state index in [0.717, 1.165) is 85.2 Å². The van der Waals surface area contributed by atoms with E-state index in [9.17, 15) is 5.11 Å². The van der Waals surface area contributed by atoms with Crippen LogP contribution in [-0.4, -0.2) is 18.3 Å². The molecule has 0 atom stereocenters. The highest BCUT2D eigenvalue weighted by Crippen LogP contribution is 2.32. The maximum Gasteiger partial charge on any atom is 0.150 e. The van der Waals surface area contributed by atoms with Crippen LogP contribution in [0.1, 0.15) is 202 Å². The highest BCUT2D eigenvalue weighted by atomic mass is 127. The molecule has 1 N–H and O–H groups in total. The van der Waals surface area contributed by atoms with E-state index in [1.807, 2.05) is 0 Å². The summed E-state index contributed by atoms with van der Waals surface area (Å²) < 4.78 is 8.92. The van der Waals surface area contributed by atoms with Gasteiger partial charge in [0.25, 0.3) is 0 Å². The van der Waals surface area contributed by atoms with E-state index in [0.29, 0.717) is 18.8 Å². The molecule has 0 heterocycles. The maximum absolute atomic E-state index is 9.72. The van der Waals surface area contributed by atoms with Gasteiger partial charge in [0.05, 0.1) is 17.7 Å².